The number of hydrogen-bond donors (Lipinski definition) is 7. The lowest BCUT2D eigenvalue weighted by molar-refractivity contribution is -0.153. The molecular formula is C38H50N8O7. The number of nitrogens with zero attached hydrogens (tertiary/aromatic N) is 3. The SMILES string of the molecule is NC(N)=NCCC[C@H](NC(=O)[C@@H]1C[C@@H]2CCCC[C@@H]2N1C(=O)[C@H]1Cc2ccccc2CN1C(=O)[C@H](CO)NC(=O)[C@@H]1Cc2ccccc2CN1)C(=O)O. The van der Waals surface area contributed by atoms with Gasteiger partial charge in [-0.15, -0.1) is 0 Å². The Morgan fingerprint density at radius 2 is 1.53 bits per heavy atom. The molecule has 9 N–H and O–H groups in total. The summed E-state index contributed by atoms with van der Waals surface area (Å²) in [6, 6.07) is 9.99. The van der Waals surface area contributed by atoms with Crippen molar-refractivity contribution in [2.45, 2.75) is 107 Å². The molecule has 53 heavy (non-hydrogen) atoms. The van der Waals surface area contributed by atoms with Crippen molar-refractivity contribution >= 4 is 35.6 Å². The molecule has 4 aliphatic rings. The van der Waals surface area contributed by atoms with Gasteiger partial charge in [-0.1, -0.05) is 61.4 Å². The molecule has 0 unspecified atom stereocenters. The molecule has 3 aliphatic heterocycles. The van der Waals surface area contributed by atoms with Crippen molar-refractivity contribution in [2.75, 3.05) is 13.2 Å². The van der Waals surface area contributed by atoms with Gasteiger partial charge in [0.25, 0.3) is 0 Å². The standard InChI is InChI=1S/C38H50N8O7/c39-38(40)41-15-7-13-27(37(52)53)43-34(49)31-18-24-10-5-6-14-30(24)46(31)36(51)32-17-23-9-2-4-12-26(23)20-45(32)35(50)29(21-47)44-33(48)28-16-22-8-1-3-11-25(22)19-42-28/h1-4,8-9,11-12,24,27-32,42,47H,5-7,10,13-21H2,(H,43,49)(H,44,48)(H,52,53)(H4,39,40,41)/t24-,27-,28-,29-,30-,31-,32+/m0/s1. The van der Waals surface area contributed by atoms with Crippen molar-refractivity contribution in [3.63, 3.8) is 0 Å². The van der Waals surface area contributed by atoms with Gasteiger partial charge in [0.05, 0.1) is 12.6 Å². The number of nitrogens with two attached hydrogens (primary N) is 2. The molecule has 6 rings (SSSR count). The number of benzene rings is 2. The van der Waals surface area contributed by atoms with Gasteiger partial charge < -0.3 is 47.4 Å². The van der Waals surface area contributed by atoms with Gasteiger partial charge in [-0.2, -0.15) is 0 Å². The Morgan fingerprint density at radius 3 is 2.23 bits per heavy atom. The van der Waals surface area contributed by atoms with E-state index in [4.69, 9.17) is 11.5 Å². The van der Waals surface area contributed by atoms with Crippen LogP contribution in [-0.4, -0.2) is 105 Å². The van der Waals surface area contributed by atoms with Crippen molar-refractivity contribution in [2.24, 2.45) is 22.4 Å². The number of guanidine groups is 1. The summed E-state index contributed by atoms with van der Waals surface area (Å²) in [7, 11) is 0. The van der Waals surface area contributed by atoms with Gasteiger partial charge in [0.2, 0.25) is 23.6 Å². The minimum atomic E-state index is -1.31. The second-order valence-electron chi connectivity index (χ2n) is 14.6. The van der Waals surface area contributed by atoms with Crippen molar-refractivity contribution in [3.05, 3.63) is 70.8 Å². The number of likely N-dealkylation sites (tertiary alicyclic amines) is 1. The van der Waals surface area contributed by atoms with Crippen LogP contribution >= 0.6 is 0 Å². The molecule has 15 heteroatoms. The summed E-state index contributed by atoms with van der Waals surface area (Å²) in [6.45, 7) is 0.0890. The molecule has 4 amide bonds. The molecule has 2 aromatic carbocycles. The van der Waals surface area contributed by atoms with Gasteiger partial charge in [0, 0.05) is 32.1 Å². The lowest BCUT2D eigenvalue weighted by atomic mass is 9.84. The normalized spacial score (nSPS) is 24.4. The average molecular weight is 731 g/mol. The molecule has 2 aromatic rings. The number of carboxylic acids is 1. The van der Waals surface area contributed by atoms with E-state index >= 15 is 0 Å². The highest BCUT2D eigenvalue weighted by Gasteiger charge is 2.51. The van der Waals surface area contributed by atoms with Crippen LogP contribution in [0.25, 0.3) is 0 Å². The van der Waals surface area contributed by atoms with Crippen LogP contribution in [0.2, 0.25) is 0 Å². The molecule has 284 valence electrons. The Bertz CT molecular complexity index is 1730. The van der Waals surface area contributed by atoms with Crippen molar-refractivity contribution in [3.8, 4) is 0 Å². The maximum absolute atomic E-state index is 14.9. The van der Waals surface area contributed by atoms with E-state index in [1.165, 1.54) is 4.90 Å². The second kappa shape index (κ2) is 16.8. The molecule has 2 fully saturated rings. The fourth-order valence-corrected chi connectivity index (χ4v) is 8.48. The number of carbonyl (C=O) groups is 5. The van der Waals surface area contributed by atoms with E-state index in [-0.39, 0.29) is 43.9 Å². The summed E-state index contributed by atoms with van der Waals surface area (Å²) in [5.74, 6) is -3.26. The zero-order valence-corrected chi connectivity index (χ0v) is 29.8. The molecule has 0 aromatic heterocycles. The van der Waals surface area contributed by atoms with Gasteiger partial charge in [0.1, 0.15) is 24.2 Å². The van der Waals surface area contributed by atoms with Crippen LogP contribution in [0.15, 0.2) is 53.5 Å². The predicted octanol–water partition coefficient (Wildman–Crippen LogP) is -0.0858. The fraction of sp³-hybridized carbons (Fsp3) is 0.526. The zero-order chi connectivity index (χ0) is 37.6. The molecule has 1 aliphatic carbocycles. The van der Waals surface area contributed by atoms with Gasteiger partial charge >= 0.3 is 5.97 Å². The number of aliphatic hydroxyl groups excluding tert-OH is 1. The van der Waals surface area contributed by atoms with Crippen LogP contribution in [0.3, 0.4) is 0 Å². The number of aliphatic carboxylic acids is 1. The summed E-state index contributed by atoms with van der Waals surface area (Å²) < 4.78 is 0. The van der Waals surface area contributed by atoms with Crippen LogP contribution in [0.1, 0.15) is 67.2 Å². The lowest BCUT2D eigenvalue weighted by Crippen LogP contribution is -2.62. The largest absolute Gasteiger partial charge is 0.480 e. The van der Waals surface area contributed by atoms with Gasteiger partial charge in [-0.3, -0.25) is 24.2 Å². The number of hydrogen-bond acceptors (Lipinski definition) is 8. The minimum absolute atomic E-state index is 0.0474. The molecule has 15 nitrogen and oxygen atoms in total. The first-order chi connectivity index (χ1) is 25.5. The Kier molecular flexibility index (Phi) is 11.9. The summed E-state index contributed by atoms with van der Waals surface area (Å²) in [5, 5.41) is 29.0. The van der Waals surface area contributed by atoms with Crippen LogP contribution in [-0.2, 0) is 49.9 Å². The third kappa shape index (κ3) is 8.46. The van der Waals surface area contributed by atoms with Crippen molar-refractivity contribution < 1.29 is 34.2 Å². The molecule has 1 saturated heterocycles. The number of carboxylic acid groups (broad SMARTS) is 1. The van der Waals surface area contributed by atoms with E-state index in [2.05, 4.69) is 20.9 Å². The number of rotatable bonds is 12. The molecule has 0 bridgehead atoms. The Hall–Kier alpha value is -5.02. The highest BCUT2D eigenvalue weighted by atomic mass is 16.4. The third-order valence-electron chi connectivity index (χ3n) is 11.2. The fourth-order valence-electron chi connectivity index (χ4n) is 8.48. The quantitative estimate of drug-likeness (QED) is 0.0872. The molecule has 7 atom stereocenters. The van der Waals surface area contributed by atoms with E-state index in [0.717, 1.165) is 41.5 Å². The number of aliphatic imine (C=N–C) groups is 1. The number of aliphatic hydroxyl groups is 1. The first-order valence-electron chi connectivity index (χ1n) is 18.5. The molecule has 1 saturated carbocycles. The molecule has 3 heterocycles. The summed E-state index contributed by atoms with van der Waals surface area (Å²) in [6.07, 6.45) is 4.73. The predicted molar refractivity (Wildman–Crippen MR) is 195 cm³/mol. The highest BCUT2D eigenvalue weighted by Crippen LogP contribution is 2.41. The topological polar surface area (TPSA) is 233 Å². The summed E-state index contributed by atoms with van der Waals surface area (Å²) in [4.78, 5) is 75.8. The smallest absolute Gasteiger partial charge is 0.326 e. The van der Waals surface area contributed by atoms with E-state index in [9.17, 15) is 34.2 Å². The Morgan fingerprint density at radius 1 is 0.868 bits per heavy atom. The van der Waals surface area contributed by atoms with E-state index in [1.807, 2.05) is 48.5 Å². The molecular weight excluding hydrogens is 680 g/mol. The number of amides is 4. The minimum Gasteiger partial charge on any atom is -0.480 e. The Labute approximate surface area is 308 Å². The monoisotopic (exact) mass is 730 g/mol. The van der Waals surface area contributed by atoms with Gasteiger partial charge in [-0.25, -0.2) is 4.79 Å². The second-order valence-corrected chi connectivity index (χ2v) is 14.6. The molecule has 0 spiro atoms. The van der Waals surface area contributed by atoms with E-state index in [0.29, 0.717) is 32.2 Å². The molecule has 0 radical (unpaired) electrons. The zero-order valence-electron chi connectivity index (χ0n) is 29.8. The number of nitrogens with one attached hydrogen (secondary N) is 3. The van der Waals surface area contributed by atoms with Gasteiger partial charge in [0.15, 0.2) is 5.96 Å². The number of carbonyl (C=O) groups excluding carboxylic acids is 4. The van der Waals surface area contributed by atoms with Crippen LogP contribution in [0, 0.1) is 5.92 Å². The number of fused-ring (bicyclic) bond motifs is 3. The Balaban J connectivity index is 1.23. The lowest BCUT2D eigenvalue weighted by Gasteiger charge is -2.42. The van der Waals surface area contributed by atoms with Crippen molar-refractivity contribution in [1.29, 1.82) is 0 Å². The van der Waals surface area contributed by atoms with Crippen LogP contribution < -0.4 is 27.4 Å². The van der Waals surface area contributed by atoms with E-state index in [1.54, 1.807) is 4.90 Å². The maximum Gasteiger partial charge on any atom is 0.326 e. The first-order valence-corrected chi connectivity index (χ1v) is 18.5. The summed E-state index contributed by atoms with van der Waals surface area (Å²) >= 11 is 0. The first kappa shape index (κ1) is 37.7. The maximum atomic E-state index is 14.9. The average Bonchev–Trinajstić information content (AvgIpc) is 3.56. The van der Waals surface area contributed by atoms with Gasteiger partial charge in [-0.05, 0) is 66.7 Å². The summed E-state index contributed by atoms with van der Waals surface area (Å²) in [5.41, 5.74) is 14.6. The van der Waals surface area contributed by atoms with Crippen LogP contribution in [0.5, 0.6) is 0 Å². The third-order valence-corrected chi connectivity index (χ3v) is 11.2. The highest BCUT2D eigenvalue weighted by molar-refractivity contribution is 5.96. The van der Waals surface area contributed by atoms with Crippen LogP contribution in [0.4, 0.5) is 0 Å². The van der Waals surface area contributed by atoms with E-state index < -0.39 is 66.4 Å². The van der Waals surface area contributed by atoms with Crippen molar-refractivity contribution in [1.82, 2.24) is 25.8 Å².